The minimum absolute atomic E-state index is 1.13. The third kappa shape index (κ3) is 8.54. The molecule has 0 saturated carbocycles. The Hall–Kier alpha value is 0.543. The van der Waals surface area contributed by atoms with Crippen LogP contribution in [-0.2, 0) is 0 Å². The van der Waals surface area contributed by atoms with E-state index in [2.05, 4.69) is 24.2 Å². The third-order valence-electron chi connectivity index (χ3n) is 1.53. The molecule has 0 aromatic carbocycles. The second kappa shape index (κ2) is 4.37. The predicted molar refractivity (Wildman–Crippen MR) is 47.7 cm³/mol. The van der Waals surface area contributed by atoms with Crippen molar-refractivity contribution in [3.63, 3.8) is 0 Å². The maximum absolute atomic E-state index is 2.50. The fraction of sp³-hybridized carbons (Fsp3) is 1.00. The summed E-state index contributed by atoms with van der Waals surface area (Å²) in [4.78, 5) is 0. The molecule has 1 heteroatoms. The Bertz CT molecular complexity index is 61.5. The topological polar surface area (TPSA) is 0 Å². The van der Waals surface area contributed by atoms with Crippen molar-refractivity contribution in [2.24, 2.45) is 0 Å². The summed E-state index contributed by atoms with van der Waals surface area (Å²) in [5, 5.41) is 1.56. The molecule has 0 amide bonds. The Morgan fingerprint density at radius 1 is 1.00 bits per heavy atom. The molecule has 0 radical (unpaired) electrons. The monoisotopic (exact) mass is 190 g/mol. The van der Waals surface area contributed by atoms with E-state index in [-0.39, 0.29) is 0 Å². The minimum atomic E-state index is -1.13. The summed E-state index contributed by atoms with van der Waals surface area (Å²) in [6.07, 6.45) is 4.31. The maximum atomic E-state index is 2.50. The van der Waals surface area contributed by atoms with E-state index in [1.54, 1.807) is 5.25 Å². The van der Waals surface area contributed by atoms with Crippen LogP contribution in [0.25, 0.3) is 0 Å². The molecule has 0 N–H and O–H groups in total. The van der Waals surface area contributed by atoms with Gasteiger partial charge in [0.1, 0.15) is 0 Å². The molecule has 0 fully saturated rings. The van der Waals surface area contributed by atoms with E-state index >= 15 is 0 Å². The molecule has 0 spiro atoms. The summed E-state index contributed by atoms with van der Waals surface area (Å²) in [6, 6.07) is 0. The molecule has 0 aliphatic rings. The van der Waals surface area contributed by atoms with Gasteiger partial charge >= 0.3 is 62.0 Å². The van der Waals surface area contributed by atoms with Gasteiger partial charge in [0, 0.05) is 0 Å². The van der Waals surface area contributed by atoms with Gasteiger partial charge in [0.2, 0.25) is 0 Å². The van der Waals surface area contributed by atoms with Crippen molar-refractivity contribution in [3.05, 3.63) is 0 Å². The van der Waals surface area contributed by atoms with E-state index < -0.39 is 13.3 Å². The van der Waals surface area contributed by atoms with E-state index in [0.717, 1.165) is 0 Å². The normalized spacial score (nSPS) is 12.0. The third-order valence-corrected chi connectivity index (χ3v) is 5.42. The molecule has 0 rings (SSSR count). The summed E-state index contributed by atoms with van der Waals surface area (Å²) in [5.41, 5.74) is 0. The van der Waals surface area contributed by atoms with Gasteiger partial charge in [-0.25, -0.2) is 0 Å². The average Bonchev–Trinajstić information content (AvgIpc) is 1.63. The van der Waals surface area contributed by atoms with E-state index in [1.165, 1.54) is 19.3 Å². The molecule has 9 heavy (non-hydrogen) atoms. The van der Waals surface area contributed by atoms with Gasteiger partial charge in [-0.15, -0.1) is 0 Å². The predicted octanol–water partition coefficient (Wildman–Crippen LogP) is 3.51. The van der Waals surface area contributed by atoms with Crippen LogP contribution in [0.5, 0.6) is 0 Å². The van der Waals surface area contributed by atoms with Crippen LogP contribution in [-0.4, -0.2) is 13.3 Å². The number of rotatable bonds is 4. The molecule has 0 unspecified atom stereocenters. The van der Waals surface area contributed by atoms with Gasteiger partial charge in [0.15, 0.2) is 0 Å². The van der Waals surface area contributed by atoms with Crippen LogP contribution in [0.15, 0.2) is 0 Å². The van der Waals surface area contributed by atoms with Crippen molar-refractivity contribution in [2.75, 3.05) is 0 Å². The fourth-order valence-electron chi connectivity index (χ4n) is 0.905. The van der Waals surface area contributed by atoms with Crippen molar-refractivity contribution in [3.8, 4) is 0 Å². The van der Waals surface area contributed by atoms with E-state index in [9.17, 15) is 0 Å². The standard InChI is InChI=1S/C8H20Ge/c1-5-6-7-8-9(2,3)4/h5-8H2,1-4H3. The molecule has 0 aliphatic carbocycles. The summed E-state index contributed by atoms with van der Waals surface area (Å²) in [6.45, 7) is 2.27. The molecular weight excluding hydrogens is 169 g/mol. The summed E-state index contributed by atoms with van der Waals surface area (Å²) < 4.78 is 0. The van der Waals surface area contributed by atoms with E-state index in [1.807, 2.05) is 0 Å². The first-order chi connectivity index (χ1) is 4.06. The summed E-state index contributed by atoms with van der Waals surface area (Å²) in [5.74, 6) is 7.49. The van der Waals surface area contributed by atoms with Crippen LogP contribution < -0.4 is 0 Å². The quantitative estimate of drug-likeness (QED) is 0.468. The zero-order valence-corrected chi connectivity index (χ0v) is 9.43. The molecular formula is C8H20Ge. The Balaban J connectivity index is 3.07. The SMILES string of the molecule is CCCC[CH2][Ge]([CH3])([CH3])[CH3]. The molecule has 0 aromatic rings. The van der Waals surface area contributed by atoms with E-state index in [4.69, 9.17) is 0 Å². The van der Waals surface area contributed by atoms with Crippen LogP contribution in [0.4, 0.5) is 0 Å². The van der Waals surface area contributed by atoms with Crippen molar-refractivity contribution in [1.29, 1.82) is 0 Å². The van der Waals surface area contributed by atoms with Gasteiger partial charge < -0.3 is 0 Å². The van der Waals surface area contributed by atoms with Crippen molar-refractivity contribution < 1.29 is 0 Å². The van der Waals surface area contributed by atoms with Crippen LogP contribution in [0, 0.1) is 0 Å². The number of hydrogen-bond donors (Lipinski definition) is 0. The molecule has 0 saturated heterocycles. The Morgan fingerprint density at radius 3 is 1.89 bits per heavy atom. The Morgan fingerprint density at radius 2 is 1.56 bits per heavy atom. The Kier molecular flexibility index (Phi) is 4.64. The van der Waals surface area contributed by atoms with Gasteiger partial charge in [-0.1, -0.05) is 0 Å². The van der Waals surface area contributed by atoms with Crippen molar-refractivity contribution in [1.82, 2.24) is 0 Å². The first-order valence-corrected chi connectivity index (χ1v) is 11.8. The molecule has 0 aromatic heterocycles. The zero-order valence-electron chi connectivity index (χ0n) is 7.33. The molecule has 0 atom stereocenters. The molecule has 56 valence electrons. The van der Waals surface area contributed by atoms with Crippen LogP contribution in [0.3, 0.4) is 0 Å². The number of hydrogen-bond acceptors (Lipinski definition) is 0. The van der Waals surface area contributed by atoms with Gasteiger partial charge in [-0.05, 0) is 0 Å². The Labute approximate surface area is 62.4 Å². The van der Waals surface area contributed by atoms with Gasteiger partial charge in [0.25, 0.3) is 0 Å². The molecule has 0 aliphatic heterocycles. The summed E-state index contributed by atoms with van der Waals surface area (Å²) >= 11 is -1.13. The van der Waals surface area contributed by atoms with Crippen LogP contribution in [0.1, 0.15) is 26.2 Å². The second-order valence-corrected chi connectivity index (χ2v) is 15.8. The summed E-state index contributed by atoms with van der Waals surface area (Å²) in [7, 11) is 0. The molecule has 0 nitrogen and oxygen atoms in total. The zero-order chi connectivity index (χ0) is 7.33. The first-order valence-electron chi connectivity index (χ1n) is 4.06. The van der Waals surface area contributed by atoms with Crippen molar-refractivity contribution in [2.45, 2.75) is 48.7 Å². The van der Waals surface area contributed by atoms with Gasteiger partial charge in [-0.2, -0.15) is 0 Å². The fourth-order valence-corrected chi connectivity index (χ4v) is 3.66. The van der Waals surface area contributed by atoms with Gasteiger partial charge in [-0.3, -0.25) is 0 Å². The molecule has 0 bridgehead atoms. The number of unbranched alkanes of at least 4 members (excludes halogenated alkanes) is 2. The second-order valence-electron chi connectivity index (χ2n) is 4.02. The van der Waals surface area contributed by atoms with Crippen molar-refractivity contribution >= 4 is 13.3 Å². The van der Waals surface area contributed by atoms with Gasteiger partial charge in [0.05, 0.1) is 0 Å². The van der Waals surface area contributed by atoms with E-state index in [0.29, 0.717) is 0 Å². The average molecular weight is 189 g/mol. The van der Waals surface area contributed by atoms with Crippen LogP contribution in [0.2, 0.25) is 22.5 Å². The van der Waals surface area contributed by atoms with Crippen LogP contribution >= 0.6 is 0 Å². The molecule has 0 heterocycles. The first kappa shape index (κ1) is 9.54.